The highest BCUT2D eigenvalue weighted by Crippen LogP contribution is 2.14. The monoisotopic (exact) mass is 928 g/mol. The maximum absolute atomic E-state index is 12.3. The highest BCUT2D eigenvalue weighted by atomic mass is 16.5. The largest absolute Gasteiger partial charge is 0.494 e. The van der Waals surface area contributed by atoms with Crippen LogP contribution in [-0.4, -0.2) is 150 Å². The van der Waals surface area contributed by atoms with Crippen molar-refractivity contribution >= 4 is 41.4 Å². The van der Waals surface area contributed by atoms with Crippen molar-refractivity contribution in [2.45, 2.75) is 130 Å². The Hall–Kier alpha value is -4.69. The minimum atomic E-state index is -1.21. The summed E-state index contributed by atoms with van der Waals surface area (Å²) in [5, 5.41) is 32.0. The normalized spacial score (nSPS) is 11.4. The zero-order valence-corrected chi connectivity index (χ0v) is 39.9. The van der Waals surface area contributed by atoms with E-state index < -0.39 is 18.0 Å². The third-order valence-electron chi connectivity index (χ3n) is 9.14. The summed E-state index contributed by atoms with van der Waals surface area (Å²) in [4.78, 5) is 82.2. The molecule has 0 saturated heterocycles. The molecule has 2 atom stereocenters. The van der Waals surface area contributed by atoms with Crippen LogP contribution in [0.1, 0.15) is 128 Å². The standard InChI is InChI=1S/C42H69N5O14.2C2H6/c1-32(48)35(43-2)12-9-10-20-44-39(51)30-59-28-27-58-25-22-46-40(52)31-60-29-26-57-24-21-45-37(49)19-18-36(42(55)56)47-38(50)13-8-6-4-3-5-7-11-23-61-34-16-14-33(15-17-34)41(53)54;2*1-2/h14-17,35-36,43H,3-13,18-31H2,1-2H3,(H,44,51)(H,45,49)(H,46,52)(H,47,50)(H,53,54)(H,55,56);2*1-2H3. The number of benzene rings is 1. The minimum Gasteiger partial charge on any atom is -0.494 e. The Bertz CT molecular complexity index is 1420. The molecule has 1 aromatic carbocycles. The van der Waals surface area contributed by atoms with Crippen LogP contribution in [0.25, 0.3) is 0 Å². The SMILES string of the molecule is CC.CC.CNC(CCCCNC(=O)COCCOCCNC(=O)COCCOCCNC(=O)CCC(NC(=O)CCCCCCCCCOc1ccc(C(=O)O)cc1)C(=O)O)C(C)=O. The Morgan fingerprint density at radius 3 is 1.55 bits per heavy atom. The van der Waals surface area contributed by atoms with Crippen LogP contribution < -0.4 is 31.3 Å². The zero-order chi connectivity index (χ0) is 48.9. The number of Topliss-reactive ketones (excluding diaryl/α,β-unsaturated/α-hetero) is 1. The number of carboxylic acids is 2. The first-order valence-corrected chi connectivity index (χ1v) is 23.2. The van der Waals surface area contributed by atoms with E-state index >= 15 is 0 Å². The number of aromatic carboxylic acids is 1. The van der Waals surface area contributed by atoms with E-state index in [1.54, 1.807) is 26.1 Å². The van der Waals surface area contributed by atoms with Gasteiger partial charge in [0.25, 0.3) is 0 Å². The van der Waals surface area contributed by atoms with Gasteiger partial charge in [0.2, 0.25) is 23.6 Å². The first-order chi connectivity index (χ1) is 31.4. The summed E-state index contributed by atoms with van der Waals surface area (Å²) in [6.45, 7) is 12.1. The molecule has 0 saturated carbocycles. The van der Waals surface area contributed by atoms with Crippen LogP contribution >= 0.6 is 0 Å². The fraction of sp³-hybridized carbons (Fsp3) is 0.717. The summed E-state index contributed by atoms with van der Waals surface area (Å²) in [6, 6.07) is 4.97. The molecule has 0 aliphatic rings. The molecule has 0 heterocycles. The summed E-state index contributed by atoms with van der Waals surface area (Å²) in [6.07, 6.45) is 8.71. The van der Waals surface area contributed by atoms with E-state index in [1.807, 2.05) is 27.7 Å². The number of hydrogen-bond donors (Lipinski definition) is 7. The number of hydrogen-bond acceptors (Lipinski definition) is 13. The van der Waals surface area contributed by atoms with Gasteiger partial charge in [-0.3, -0.25) is 24.0 Å². The molecule has 2 unspecified atom stereocenters. The molecule has 4 amide bonds. The number of aliphatic carboxylic acids is 1. The fourth-order valence-corrected chi connectivity index (χ4v) is 5.69. The van der Waals surface area contributed by atoms with Gasteiger partial charge in [0.15, 0.2) is 0 Å². The highest BCUT2D eigenvalue weighted by Gasteiger charge is 2.21. The summed E-state index contributed by atoms with van der Waals surface area (Å²) < 4.78 is 27.0. The molecule has 19 nitrogen and oxygen atoms in total. The molecule has 1 rings (SSSR count). The second-order valence-electron chi connectivity index (χ2n) is 14.2. The minimum absolute atomic E-state index is 0.0490. The highest BCUT2D eigenvalue weighted by molar-refractivity contribution is 5.87. The zero-order valence-electron chi connectivity index (χ0n) is 39.9. The van der Waals surface area contributed by atoms with Gasteiger partial charge < -0.3 is 60.5 Å². The third kappa shape index (κ3) is 38.3. The molecule has 0 aromatic heterocycles. The Morgan fingerprint density at radius 1 is 0.523 bits per heavy atom. The van der Waals surface area contributed by atoms with Gasteiger partial charge in [-0.05, 0) is 76.8 Å². The molecule has 19 heteroatoms. The van der Waals surface area contributed by atoms with Gasteiger partial charge in [0.1, 0.15) is 30.8 Å². The van der Waals surface area contributed by atoms with E-state index in [9.17, 15) is 38.7 Å². The number of ether oxygens (including phenoxy) is 5. The maximum atomic E-state index is 12.3. The number of unbranched alkanes of at least 4 members (excludes halogenated alkanes) is 7. The van der Waals surface area contributed by atoms with Crippen molar-refractivity contribution < 1.29 is 67.5 Å². The molecular weight excluding hydrogens is 847 g/mol. The van der Waals surface area contributed by atoms with Crippen LogP contribution in [0.3, 0.4) is 0 Å². The number of rotatable bonds is 40. The summed E-state index contributed by atoms with van der Waals surface area (Å²) in [7, 11) is 1.75. The topological polar surface area (TPSA) is 266 Å². The number of ketones is 1. The lowest BCUT2D eigenvalue weighted by Crippen LogP contribution is -2.41. The fourth-order valence-electron chi connectivity index (χ4n) is 5.69. The van der Waals surface area contributed by atoms with Crippen molar-refractivity contribution in [1.82, 2.24) is 26.6 Å². The molecule has 0 radical (unpaired) electrons. The second kappa shape index (κ2) is 44.5. The number of carbonyl (C=O) groups excluding carboxylic acids is 5. The van der Waals surface area contributed by atoms with E-state index in [0.29, 0.717) is 25.3 Å². The number of carbonyl (C=O) groups is 7. The van der Waals surface area contributed by atoms with Crippen molar-refractivity contribution in [2.75, 3.05) is 86.1 Å². The van der Waals surface area contributed by atoms with Gasteiger partial charge in [0.05, 0.1) is 57.9 Å². The number of amides is 4. The van der Waals surface area contributed by atoms with Crippen LogP contribution in [-0.2, 0) is 47.7 Å². The molecule has 0 spiro atoms. The van der Waals surface area contributed by atoms with Crippen molar-refractivity contribution in [3.8, 4) is 5.75 Å². The van der Waals surface area contributed by atoms with E-state index in [1.165, 1.54) is 12.1 Å². The molecular formula is C46H81N5O14. The maximum Gasteiger partial charge on any atom is 0.335 e. The molecule has 0 fully saturated rings. The van der Waals surface area contributed by atoms with Crippen molar-refractivity contribution in [2.24, 2.45) is 0 Å². The van der Waals surface area contributed by atoms with Gasteiger partial charge in [-0.25, -0.2) is 9.59 Å². The van der Waals surface area contributed by atoms with E-state index in [-0.39, 0.29) is 126 Å². The van der Waals surface area contributed by atoms with Gasteiger partial charge in [0, 0.05) is 32.5 Å². The van der Waals surface area contributed by atoms with Crippen LogP contribution in [0.4, 0.5) is 0 Å². The average molecular weight is 928 g/mol. The molecule has 0 bridgehead atoms. The van der Waals surface area contributed by atoms with Gasteiger partial charge in [-0.2, -0.15) is 0 Å². The first-order valence-electron chi connectivity index (χ1n) is 23.2. The van der Waals surface area contributed by atoms with Crippen LogP contribution in [0, 0.1) is 0 Å². The molecule has 65 heavy (non-hydrogen) atoms. The first kappa shape index (κ1) is 62.4. The van der Waals surface area contributed by atoms with Crippen LogP contribution in [0.2, 0.25) is 0 Å². The summed E-state index contributed by atoms with van der Waals surface area (Å²) in [5.74, 6) is -2.73. The molecule has 0 aliphatic carbocycles. The molecule has 0 aliphatic heterocycles. The summed E-state index contributed by atoms with van der Waals surface area (Å²) in [5.41, 5.74) is 0.214. The van der Waals surface area contributed by atoms with Crippen molar-refractivity contribution in [1.29, 1.82) is 0 Å². The van der Waals surface area contributed by atoms with Gasteiger partial charge >= 0.3 is 11.9 Å². The predicted octanol–water partition coefficient (Wildman–Crippen LogP) is 4.05. The molecule has 374 valence electrons. The number of carboxylic acid groups (broad SMARTS) is 2. The molecule has 1 aromatic rings. The Labute approximate surface area is 386 Å². The van der Waals surface area contributed by atoms with Crippen molar-refractivity contribution in [3.05, 3.63) is 29.8 Å². The van der Waals surface area contributed by atoms with Gasteiger partial charge in [-0.15, -0.1) is 0 Å². The lowest BCUT2D eigenvalue weighted by Gasteiger charge is -2.14. The van der Waals surface area contributed by atoms with E-state index in [0.717, 1.165) is 57.8 Å². The smallest absolute Gasteiger partial charge is 0.335 e. The van der Waals surface area contributed by atoms with Crippen LogP contribution in [0.15, 0.2) is 24.3 Å². The lowest BCUT2D eigenvalue weighted by atomic mass is 10.1. The second-order valence-corrected chi connectivity index (χ2v) is 14.2. The van der Waals surface area contributed by atoms with Crippen molar-refractivity contribution in [3.63, 3.8) is 0 Å². The third-order valence-corrected chi connectivity index (χ3v) is 9.14. The van der Waals surface area contributed by atoms with Crippen LogP contribution in [0.5, 0.6) is 5.75 Å². The summed E-state index contributed by atoms with van der Waals surface area (Å²) >= 11 is 0. The number of likely N-dealkylation sites (N-methyl/N-ethyl adjacent to an activating group) is 1. The average Bonchev–Trinajstić information content (AvgIpc) is 3.29. The Morgan fingerprint density at radius 2 is 1.03 bits per heavy atom. The predicted molar refractivity (Wildman–Crippen MR) is 247 cm³/mol. The van der Waals surface area contributed by atoms with E-state index in [2.05, 4.69) is 26.6 Å². The van der Waals surface area contributed by atoms with Gasteiger partial charge in [-0.1, -0.05) is 59.8 Å². The van der Waals surface area contributed by atoms with E-state index in [4.69, 9.17) is 28.8 Å². The Kier molecular flexibility index (Phi) is 42.7. The Balaban J connectivity index is 0. The number of nitrogens with one attached hydrogen (secondary N) is 5. The lowest BCUT2D eigenvalue weighted by molar-refractivity contribution is -0.142. The molecule has 7 N–H and O–H groups in total. The quantitative estimate of drug-likeness (QED) is 0.0458.